The molecular weight excluding hydrogens is 442 g/mol. The number of carbonyl (C=O) groups excluding carboxylic acids is 1. The van der Waals surface area contributed by atoms with Crippen LogP contribution in [-0.2, 0) is 24.8 Å². The van der Waals surface area contributed by atoms with Gasteiger partial charge in [0.1, 0.15) is 0 Å². The van der Waals surface area contributed by atoms with Gasteiger partial charge in [0.25, 0.3) is 5.56 Å². The van der Waals surface area contributed by atoms with E-state index in [4.69, 9.17) is 0 Å². The fraction of sp³-hybridized carbons (Fsp3) is 0.333. The molecule has 8 heteroatoms. The van der Waals surface area contributed by atoms with Crippen LogP contribution in [0.1, 0.15) is 24.8 Å². The molecule has 0 unspecified atom stereocenters. The Morgan fingerprint density at radius 3 is 2.60 bits per heavy atom. The number of nitrogens with zero attached hydrogens (tertiary/aromatic N) is 5. The number of para-hydroxylation sites is 1. The van der Waals surface area contributed by atoms with Crippen molar-refractivity contribution in [3.63, 3.8) is 0 Å². The molecule has 2 aromatic carbocycles. The molecule has 0 saturated carbocycles. The highest BCUT2D eigenvalue weighted by Gasteiger charge is 2.34. The maximum atomic E-state index is 12.9. The number of carbonyl (C=O) groups is 1. The maximum absolute atomic E-state index is 12.9. The summed E-state index contributed by atoms with van der Waals surface area (Å²) in [5.74, 6) is 0.100. The van der Waals surface area contributed by atoms with Crippen molar-refractivity contribution in [1.29, 1.82) is 0 Å². The summed E-state index contributed by atoms with van der Waals surface area (Å²) in [5.41, 5.74) is 2.21. The normalized spacial score (nSPS) is 15.4. The molecule has 8 nitrogen and oxygen atoms in total. The number of likely N-dealkylation sites (tertiary alicyclic amines) is 1. The minimum absolute atomic E-state index is 0.100. The van der Waals surface area contributed by atoms with Gasteiger partial charge < -0.3 is 10.0 Å². The quantitative estimate of drug-likeness (QED) is 0.467. The smallest absolute Gasteiger partial charge is 0.253 e. The largest absolute Gasteiger partial charge is 0.388 e. The lowest BCUT2D eigenvalue weighted by Crippen LogP contribution is -2.49. The van der Waals surface area contributed by atoms with Crippen LogP contribution >= 0.6 is 0 Å². The summed E-state index contributed by atoms with van der Waals surface area (Å²) in [5, 5.41) is 16.4. The van der Waals surface area contributed by atoms with E-state index in [1.54, 1.807) is 10.9 Å². The predicted molar refractivity (Wildman–Crippen MR) is 134 cm³/mol. The second-order valence-electron chi connectivity index (χ2n) is 9.34. The lowest BCUT2D eigenvalue weighted by molar-refractivity contribution is -0.135. The number of aromatic nitrogens is 4. The summed E-state index contributed by atoms with van der Waals surface area (Å²) < 4.78 is 3.23. The number of rotatable bonds is 6. The minimum Gasteiger partial charge on any atom is -0.388 e. The molecule has 35 heavy (non-hydrogen) atoms. The van der Waals surface area contributed by atoms with Gasteiger partial charge in [0.2, 0.25) is 5.91 Å². The van der Waals surface area contributed by atoms with Gasteiger partial charge in [0, 0.05) is 43.6 Å². The third kappa shape index (κ3) is 4.88. The molecule has 0 bridgehead atoms. The third-order valence-corrected chi connectivity index (χ3v) is 6.90. The molecule has 1 aliphatic heterocycles. The molecular formula is C27H29N5O3. The number of hydrogen-bond acceptors (Lipinski definition) is 5. The molecule has 0 aliphatic carbocycles. The van der Waals surface area contributed by atoms with Crippen molar-refractivity contribution in [2.75, 3.05) is 13.1 Å². The number of fused-ring (bicyclic) bond motifs is 1. The lowest BCUT2D eigenvalue weighted by atomic mass is 9.91. The van der Waals surface area contributed by atoms with Crippen molar-refractivity contribution >= 4 is 16.8 Å². The molecule has 0 atom stereocenters. The fourth-order valence-corrected chi connectivity index (χ4v) is 4.83. The van der Waals surface area contributed by atoms with Crippen LogP contribution in [0.25, 0.3) is 22.2 Å². The highest BCUT2D eigenvalue weighted by molar-refractivity contribution is 5.92. The molecule has 1 fully saturated rings. The van der Waals surface area contributed by atoms with E-state index in [9.17, 15) is 14.7 Å². The van der Waals surface area contributed by atoms with Crippen LogP contribution in [-0.4, -0.2) is 53.9 Å². The Morgan fingerprint density at radius 2 is 1.86 bits per heavy atom. The Hall–Kier alpha value is -3.78. The van der Waals surface area contributed by atoms with Gasteiger partial charge in [-0.05, 0) is 24.8 Å². The Bertz CT molecular complexity index is 1400. The van der Waals surface area contributed by atoms with Crippen LogP contribution < -0.4 is 5.56 Å². The summed E-state index contributed by atoms with van der Waals surface area (Å²) in [4.78, 5) is 31.9. The first kappa shape index (κ1) is 23.0. The first-order valence-corrected chi connectivity index (χ1v) is 11.9. The second kappa shape index (κ2) is 9.46. The number of aliphatic hydroxyl groups is 1. The molecule has 1 saturated heterocycles. The van der Waals surface area contributed by atoms with Crippen molar-refractivity contribution in [1.82, 2.24) is 24.2 Å². The molecule has 180 valence electrons. The molecule has 0 radical (unpaired) electrons. The average Bonchev–Trinajstić information content (AvgIpc) is 3.26. The van der Waals surface area contributed by atoms with E-state index in [0.29, 0.717) is 44.5 Å². The molecule has 2 aromatic heterocycles. The topological polar surface area (TPSA) is 93.2 Å². The first-order chi connectivity index (χ1) is 16.9. The summed E-state index contributed by atoms with van der Waals surface area (Å²) in [6.45, 7) is 1.11. The van der Waals surface area contributed by atoms with Crippen molar-refractivity contribution in [3.8, 4) is 11.3 Å². The fourth-order valence-electron chi connectivity index (χ4n) is 4.83. The SMILES string of the molecule is Cn1ncc2cccc(-c3cc(=O)n(CC4(O)CCN(C(=O)CCc5ccccc5)CC4)cn3)c21. The molecule has 0 spiro atoms. The van der Waals surface area contributed by atoms with Gasteiger partial charge in [0.15, 0.2) is 0 Å². The zero-order valence-corrected chi connectivity index (χ0v) is 19.8. The molecule has 5 rings (SSSR count). The van der Waals surface area contributed by atoms with Crippen molar-refractivity contribution in [3.05, 3.63) is 83.0 Å². The number of benzene rings is 2. The highest BCUT2D eigenvalue weighted by Crippen LogP contribution is 2.27. The van der Waals surface area contributed by atoms with Crippen molar-refractivity contribution in [2.24, 2.45) is 7.05 Å². The number of amides is 1. The molecule has 1 amide bonds. The summed E-state index contributed by atoms with van der Waals surface area (Å²) in [6.07, 6.45) is 5.30. The van der Waals surface area contributed by atoms with Gasteiger partial charge >= 0.3 is 0 Å². The van der Waals surface area contributed by atoms with E-state index in [1.807, 2.05) is 60.5 Å². The second-order valence-corrected chi connectivity index (χ2v) is 9.34. The lowest BCUT2D eigenvalue weighted by Gasteiger charge is -2.38. The van der Waals surface area contributed by atoms with Gasteiger partial charge in [-0.3, -0.25) is 18.8 Å². The molecule has 1 N–H and O–H groups in total. The standard InChI is InChI=1S/C27H29N5O3/c1-30-26-21(17-29-30)8-5-9-22(26)23-16-25(34)32(19-28-23)18-27(35)12-14-31(15-13-27)24(33)11-10-20-6-3-2-4-7-20/h2-9,16-17,19,35H,10-15,18H2,1H3. The monoisotopic (exact) mass is 471 g/mol. The van der Waals surface area contributed by atoms with E-state index in [2.05, 4.69) is 10.1 Å². The van der Waals surface area contributed by atoms with E-state index < -0.39 is 5.60 Å². The van der Waals surface area contributed by atoms with Crippen LogP contribution in [0.5, 0.6) is 0 Å². The summed E-state index contributed by atoms with van der Waals surface area (Å²) >= 11 is 0. The number of hydrogen-bond donors (Lipinski definition) is 1. The number of aryl methyl sites for hydroxylation is 2. The zero-order chi connectivity index (χ0) is 24.4. The minimum atomic E-state index is -1.05. The van der Waals surface area contributed by atoms with Gasteiger partial charge in [-0.2, -0.15) is 5.10 Å². The van der Waals surface area contributed by atoms with Crippen LogP contribution in [0.3, 0.4) is 0 Å². The van der Waals surface area contributed by atoms with E-state index >= 15 is 0 Å². The van der Waals surface area contributed by atoms with Crippen LogP contribution in [0.15, 0.2) is 71.9 Å². The Morgan fingerprint density at radius 1 is 1.09 bits per heavy atom. The maximum Gasteiger partial charge on any atom is 0.253 e. The Balaban J connectivity index is 1.23. The number of piperidine rings is 1. The average molecular weight is 472 g/mol. The van der Waals surface area contributed by atoms with E-state index in [1.165, 1.54) is 17.0 Å². The van der Waals surface area contributed by atoms with Gasteiger partial charge in [-0.25, -0.2) is 4.98 Å². The van der Waals surface area contributed by atoms with Crippen LogP contribution in [0, 0.1) is 0 Å². The van der Waals surface area contributed by atoms with Crippen molar-refractivity contribution in [2.45, 2.75) is 37.8 Å². The molecule has 4 aromatic rings. The van der Waals surface area contributed by atoms with Crippen molar-refractivity contribution < 1.29 is 9.90 Å². The van der Waals surface area contributed by atoms with Crippen LogP contribution in [0.2, 0.25) is 0 Å². The Kier molecular flexibility index (Phi) is 6.21. The van der Waals surface area contributed by atoms with E-state index in [-0.39, 0.29) is 18.0 Å². The molecule has 1 aliphatic rings. The van der Waals surface area contributed by atoms with Gasteiger partial charge in [-0.1, -0.05) is 48.5 Å². The zero-order valence-electron chi connectivity index (χ0n) is 19.8. The van der Waals surface area contributed by atoms with E-state index in [0.717, 1.165) is 22.0 Å². The molecule has 3 heterocycles. The summed E-state index contributed by atoms with van der Waals surface area (Å²) in [7, 11) is 1.86. The summed E-state index contributed by atoms with van der Waals surface area (Å²) in [6, 6.07) is 17.3. The predicted octanol–water partition coefficient (Wildman–Crippen LogP) is 2.78. The highest BCUT2D eigenvalue weighted by atomic mass is 16.3. The Labute approximate surface area is 203 Å². The first-order valence-electron chi connectivity index (χ1n) is 11.9. The van der Waals surface area contributed by atoms with Gasteiger partial charge in [-0.15, -0.1) is 0 Å². The van der Waals surface area contributed by atoms with Gasteiger partial charge in [0.05, 0.1) is 35.9 Å². The third-order valence-electron chi connectivity index (χ3n) is 6.90. The van der Waals surface area contributed by atoms with Crippen LogP contribution in [0.4, 0.5) is 0 Å².